The number of piperidine rings is 1. The van der Waals surface area contributed by atoms with Gasteiger partial charge in [-0.25, -0.2) is 4.79 Å². The Morgan fingerprint density at radius 1 is 1.31 bits per heavy atom. The summed E-state index contributed by atoms with van der Waals surface area (Å²) < 4.78 is 10.8. The number of ether oxygens (including phenoxy) is 2. The van der Waals surface area contributed by atoms with Crippen LogP contribution < -0.4 is 0 Å². The number of amides is 1. The van der Waals surface area contributed by atoms with E-state index >= 15 is 0 Å². The molecule has 5 atom stereocenters. The molecular weight excluding hydrogens is 358 g/mol. The van der Waals surface area contributed by atoms with Crippen molar-refractivity contribution in [3.63, 3.8) is 0 Å². The second kappa shape index (κ2) is 7.70. The molecule has 0 aromatic carbocycles. The fourth-order valence-electron chi connectivity index (χ4n) is 4.00. The minimum absolute atomic E-state index is 0.000764. The summed E-state index contributed by atoms with van der Waals surface area (Å²) >= 11 is 1.06. The standard InChI is InChI=1S/C18H23NO6S/c20-15-4-3-14-18(24-14)19(15)25-16(21)5-6-26-17(22)10-23-9-13-8-11-1-2-12(13)7-11/h1-2,11-14,18H,3-10H2. The number of hydrogen-bond donors (Lipinski definition) is 0. The molecule has 8 heteroatoms. The van der Waals surface area contributed by atoms with Crippen LogP contribution in [0.15, 0.2) is 12.2 Å². The SMILES string of the molecule is O=C(CCSC(=O)COCC1CC2C=CC1C2)ON1C(=O)CCC2OC21. The van der Waals surface area contributed by atoms with Gasteiger partial charge in [-0.05, 0) is 37.0 Å². The van der Waals surface area contributed by atoms with Crippen LogP contribution in [0.1, 0.15) is 32.1 Å². The Morgan fingerprint density at radius 3 is 2.96 bits per heavy atom. The molecule has 3 fully saturated rings. The number of hydroxylamine groups is 2. The van der Waals surface area contributed by atoms with Crippen LogP contribution in [0, 0.1) is 17.8 Å². The molecule has 142 valence electrons. The number of thioether (sulfide) groups is 1. The molecule has 4 aliphatic rings. The lowest BCUT2D eigenvalue weighted by Gasteiger charge is -2.21. The minimum Gasteiger partial charge on any atom is -0.372 e. The molecular formula is C18H23NO6S. The monoisotopic (exact) mass is 381 g/mol. The van der Waals surface area contributed by atoms with E-state index in [9.17, 15) is 14.4 Å². The molecule has 2 bridgehead atoms. The van der Waals surface area contributed by atoms with Gasteiger partial charge in [0, 0.05) is 12.2 Å². The number of epoxide rings is 1. The average Bonchev–Trinajstić information content (AvgIpc) is 3.11. The van der Waals surface area contributed by atoms with Crippen LogP contribution in [0.4, 0.5) is 0 Å². The molecule has 2 saturated heterocycles. The van der Waals surface area contributed by atoms with Crippen LogP contribution in [-0.2, 0) is 28.7 Å². The zero-order valence-electron chi connectivity index (χ0n) is 14.5. The summed E-state index contributed by atoms with van der Waals surface area (Å²) in [6.45, 7) is 0.693. The van der Waals surface area contributed by atoms with Gasteiger partial charge < -0.3 is 14.3 Å². The largest absolute Gasteiger partial charge is 0.372 e. The van der Waals surface area contributed by atoms with Crippen molar-refractivity contribution in [2.24, 2.45) is 17.8 Å². The fraction of sp³-hybridized carbons (Fsp3) is 0.722. The van der Waals surface area contributed by atoms with Crippen molar-refractivity contribution >= 4 is 28.8 Å². The van der Waals surface area contributed by atoms with E-state index in [1.54, 1.807) is 0 Å². The van der Waals surface area contributed by atoms with E-state index in [4.69, 9.17) is 14.3 Å². The van der Waals surface area contributed by atoms with Gasteiger partial charge in [-0.2, -0.15) is 0 Å². The number of allylic oxidation sites excluding steroid dienone is 2. The van der Waals surface area contributed by atoms with E-state index < -0.39 is 12.2 Å². The average molecular weight is 381 g/mol. The Labute approximate surface area is 156 Å². The third kappa shape index (κ3) is 4.13. The van der Waals surface area contributed by atoms with Crippen molar-refractivity contribution in [3.05, 3.63) is 12.2 Å². The van der Waals surface area contributed by atoms with E-state index in [2.05, 4.69) is 12.2 Å². The summed E-state index contributed by atoms with van der Waals surface area (Å²) in [4.78, 5) is 40.5. The molecule has 26 heavy (non-hydrogen) atoms. The van der Waals surface area contributed by atoms with Gasteiger partial charge in [-0.15, -0.1) is 5.06 Å². The lowest BCUT2D eigenvalue weighted by Crippen LogP contribution is -2.40. The summed E-state index contributed by atoms with van der Waals surface area (Å²) in [5.74, 6) is 1.41. The maximum absolute atomic E-state index is 11.8. The van der Waals surface area contributed by atoms with E-state index in [0.717, 1.165) is 23.2 Å². The predicted octanol–water partition coefficient (Wildman–Crippen LogP) is 1.67. The summed E-state index contributed by atoms with van der Waals surface area (Å²) in [7, 11) is 0. The second-order valence-electron chi connectivity index (χ2n) is 7.31. The fourth-order valence-corrected chi connectivity index (χ4v) is 4.66. The van der Waals surface area contributed by atoms with Gasteiger partial charge in [0.1, 0.15) is 12.7 Å². The van der Waals surface area contributed by atoms with Crippen LogP contribution in [0.3, 0.4) is 0 Å². The van der Waals surface area contributed by atoms with Crippen molar-refractivity contribution in [2.45, 2.75) is 44.4 Å². The van der Waals surface area contributed by atoms with Crippen LogP contribution in [0.2, 0.25) is 0 Å². The van der Waals surface area contributed by atoms with Crippen molar-refractivity contribution in [1.82, 2.24) is 5.06 Å². The van der Waals surface area contributed by atoms with Crippen molar-refractivity contribution in [3.8, 4) is 0 Å². The lowest BCUT2D eigenvalue weighted by molar-refractivity contribution is -0.207. The number of fused-ring (bicyclic) bond motifs is 3. The van der Waals surface area contributed by atoms with Gasteiger partial charge in [0.25, 0.3) is 5.91 Å². The molecule has 5 unspecified atom stereocenters. The van der Waals surface area contributed by atoms with Crippen molar-refractivity contribution in [2.75, 3.05) is 19.0 Å². The number of carbonyl (C=O) groups is 3. The molecule has 0 aromatic rings. The first kappa shape index (κ1) is 18.0. The molecule has 0 spiro atoms. The van der Waals surface area contributed by atoms with Gasteiger partial charge in [-0.3, -0.25) is 9.59 Å². The second-order valence-corrected chi connectivity index (χ2v) is 8.46. The summed E-state index contributed by atoms with van der Waals surface area (Å²) in [6, 6.07) is 0. The van der Waals surface area contributed by atoms with E-state index in [1.165, 1.54) is 6.42 Å². The van der Waals surface area contributed by atoms with Gasteiger partial charge in [0.2, 0.25) is 5.12 Å². The van der Waals surface area contributed by atoms with Crippen LogP contribution >= 0.6 is 11.8 Å². The number of carbonyl (C=O) groups excluding carboxylic acids is 3. The highest BCUT2D eigenvalue weighted by Gasteiger charge is 2.51. The summed E-state index contributed by atoms with van der Waals surface area (Å²) in [6.07, 6.45) is 7.61. The zero-order valence-corrected chi connectivity index (χ0v) is 15.3. The van der Waals surface area contributed by atoms with Crippen LogP contribution in [0.5, 0.6) is 0 Å². The molecule has 2 aliphatic heterocycles. The summed E-state index contributed by atoms with van der Waals surface area (Å²) in [5, 5.41) is 0.951. The van der Waals surface area contributed by atoms with Crippen LogP contribution in [-0.4, -0.2) is 53.4 Å². The van der Waals surface area contributed by atoms with Gasteiger partial charge in [0.05, 0.1) is 13.0 Å². The number of nitrogens with zero attached hydrogens (tertiary/aromatic N) is 1. The number of rotatable bonds is 8. The Kier molecular flexibility index (Phi) is 5.33. The lowest BCUT2D eigenvalue weighted by atomic mass is 9.95. The highest BCUT2D eigenvalue weighted by atomic mass is 32.2. The third-order valence-electron chi connectivity index (χ3n) is 5.41. The maximum Gasteiger partial charge on any atom is 0.333 e. The Balaban J connectivity index is 1.07. The van der Waals surface area contributed by atoms with Gasteiger partial charge >= 0.3 is 5.97 Å². The molecule has 0 N–H and O–H groups in total. The highest BCUT2D eigenvalue weighted by molar-refractivity contribution is 8.13. The Hall–Kier alpha value is -1.38. The summed E-state index contributed by atoms with van der Waals surface area (Å²) in [5.41, 5.74) is 0. The first-order chi connectivity index (χ1) is 12.6. The molecule has 2 aliphatic carbocycles. The molecule has 2 heterocycles. The topological polar surface area (TPSA) is 85.4 Å². The zero-order chi connectivity index (χ0) is 18.1. The smallest absolute Gasteiger partial charge is 0.333 e. The van der Waals surface area contributed by atoms with Crippen molar-refractivity contribution < 1.29 is 28.7 Å². The quantitative estimate of drug-likeness (QED) is 0.467. The minimum atomic E-state index is -0.524. The first-order valence-corrected chi connectivity index (χ1v) is 10.2. The van der Waals surface area contributed by atoms with Crippen molar-refractivity contribution in [1.29, 1.82) is 0 Å². The Bertz CT molecular complexity index is 623. The maximum atomic E-state index is 11.8. The van der Waals surface area contributed by atoms with E-state index in [1.807, 2.05) is 0 Å². The molecule has 7 nitrogen and oxygen atoms in total. The molecule has 1 saturated carbocycles. The van der Waals surface area contributed by atoms with Gasteiger partial charge in [0.15, 0.2) is 6.23 Å². The van der Waals surface area contributed by atoms with E-state index in [-0.39, 0.29) is 30.2 Å². The molecule has 0 aromatic heterocycles. The molecule has 1 amide bonds. The normalized spacial score (nSPS) is 34.1. The first-order valence-electron chi connectivity index (χ1n) is 9.20. The molecule has 4 rings (SSSR count). The third-order valence-corrected chi connectivity index (χ3v) is 6.26. The number of hydrogen-bond acceptors (Lipinski definition) is 7. The Morgan fingerprint density at radius 2 is 2.19 bits per heavy atom. The predicted molar refractivity (Wildman–Crippen MR) is 92.6 cm³/mol. The van der Waals surface area contributed by atoms with Gasteiger partial charge in [-0.1, -0.05) is 23.9 Å². The molecule has 0 radical (unpaired) electrons. The van der Waals surface area contributed by atoms with E-state index in [0.29, 0.717) is 43.0 Å². The highest BCUT2D eigenvalue weighted by Crippen LogP contribution is 2.43. The van der Waals surface area contributed by atoms with Crippen LogP contribution in [0.25, 0.3) is 0 Å².